The Balaban J connectivity index is 1.54. The van der Waals surface area contributed by atoms with Gasteiger partial charge in [-0.25, -0.2) is 9.37 Å². The minimum Gasteiger partial charge on any atom is -0.334 e. The molecule has 5 nitrogen and oxygen atoms in total. The third-order valence-electron chi connectivity index (χ3n) is 4.79. The van der Waals surface area contributed by atoms with E-state index in [1.165, 1.54) is 44.5 Å². The molecule has 0 radical (unpaired) electrons. The standard InChI is InChI=1S/C17H20FN5S/c1-22-14-6-5-12(18)11-13(14)15-16(22)19-17(21-20-15)24-10-9-23-7-3-2-4-8-23/h5-6,11H,2-4,7-10H2,1H3/p+1. The zero-order valence-electron chi connectivity index (χ0n) is 13.8. The third kappa shape index (κ3) is 2.98. The van der Waals surface area contributed by atoms with Crippen LogP contribution in [0.3, 0.4) is 0 Å². The fourth-order valence-electron chi connectivity index (χ4n) is 3.47. The van der Waals surface area contributed by atoms with E-state index in [1.54, 1.807) is 22.7 Å². The molecule has 24 heavy (non-hydrogen) atoms. The predicted molar refractivity (Wildman–Crippen MR) is 93.9 cm³/mol. The van der Waals surface area contributed by atoms with E-state index in [0.717, 1.165) is 28.8 Å². The lowest BCUT2D eigenvalue weighted by Crippen LogP contribution is -3.13. The van der Waals surface area contributed by atoms with Gasteiger partial charge in [0.05, 0.1) is 30.9 Å². The second kappa shape index (κ2) is 6.64. The maximum absolute atomic E-state index is 13.5. The summed E-state index contributed by atoms with van der Waals surface area (Å²) in [6.07, 6.45) is 4.06. The number of nitrogens with one attached hydrogen (secondary N) is 1. The Morgan fingerprint density at radius 2 is 2.04 bits per heavy atom. The molecule has 126 valence electrons. The van der Waals surface area contributed by atoms with E-state index in [9.17, 15) is 4.39 Å². The minimum absolute atomic E-state index is 0.264. The predicted octanol–water partition coefficient (Wildman–Crippen LogP) is 1.82. The number of halogens is 1. The number of hydrogen-bond acceptors (Lipinski definition) is 4. The highest BCUT2D eigenvalue weighted by Crippen LogP contribution is 2.26. The summed E-state index contributed by atoms with van der Waals surface area (Å²) in [5.41, 5.74) is 2.35. The molecule has 7 heteroatoms. The number of hydrogen-bond donors (Lipinski definition) is 1. The molecule has 0 bridgehead atoms. The van der Waals surface area contributed by atoms with Crippen molar-refractivity contribution in [1.82, 2.24) is 19.7 Å². The number of quaternary nitrogens is 1. The van der Waals surface area contributed by atoms with E-state index in [0.29, 0.717) is 10.7 Å². The van der Waals surface area contributed by atoms with Crippen LogP contribution >= 0.6 is 11.8 Å². The molecule has 0 aliphatic carbocycles. The Bertz CT molecular complexity index is 872. The van der Waals surface area contributed by atoms with Crippen molar-refractivity contribution in [2.75, 3.05) is 25.4 Å². The molecule has 0 atom stereocenters. The van der Waals surface area contributed by atoms with E-state index in [1.807, 2.05) is 11.6 Å². The van der Waals surface area contributed by atoms with Gasteiger partial charge in [-0.1, -0.05) is 11.8 Å². The lowest BCUT2D eigenvalue weighted by molar-refractivity contribution is -0.902. The lowest BCUT2D eigenvalue weighted by atomic mass is 10.1. The summed E-state index contributed by atoms with van der Waals surface area (Å²) in [5.74, 6) is 0.737. The average Bonchev–Trinajstić information content (AvgIpc) is 2.88. The number of rotatable bonds is 4. The largest absolute Gasteiger partial charge is 0.334 e. The van der Waals surface area contributed by atoms with Crippen LogP contribution in [0.4, 0.5) is 4.39 Å². The van der Waals surface area contributed by atoms with Gasteiger partial charge in [0.15, 0.2) is 5.65 Å². The van der Waals surface area contributed by atoms with E-state index < -0.39 is 0 Å². The molecule has 1 N–H and O–H groups in total. The van der Waals surface area contributed by atoms with Gasteiger partial charge in [-0.3, -0.25) is 0 Å². The van der Waals surface area contributed by atoms with Gasteiger partial charge in [-0.05, 0) is 37.5 Å². The first-order valence-corrected chi connectivity index (χ1v) is 9.45. The van der Waals surface area contributed by atoms with Gasteiger partial charge in [0.2, 0.25) is 5.16 Å². The number of piperidine rings is 1. The molecule has 1 aliphatic heterocycles. The van der Waals surface area contributed by atoms with Crippen molar-refractivity contribution in [1.29, 1.82) is 0 Å². The van der Waals surface area contributed by atoms with Gasteiger partial charge in [-0.2, -0.15) is 0 Å². The second-order valence-electron chi connectivity index (χ2n) is 6.40. The maximum Gasteiger partial charge on any atom is 0.211 e. The SMILES string of the molecule is Cn1c2ccc(F)cc2c2nnc(SCC[NH+]3CCCCC3)nc21. The molecule has 1 aliphatic rings. The number of benzene rings is 1. The summed E-state index contributed by atoms with van der Waals surface area (Å²) in [7, 11) is 1.93. The van der Waals surface area contributed by atoms with Crippen molar-refractivity contribution >= 4 is 33.8 Å². The van der Waals surface area contributed by atoms with Crippen LogP contribution in [0.5, 0.6) is 0 Å². The molecule has 1 aromatic carbocycles. The molecule has 0 spiro atoms. The fourth-order valence-corrected chi connectivity index (χ4v) is 4.29. The quantitative estimate of drug-likeness (QED) is 0.732. The zero-order chi connectivity index (χ0) is 16.5. The topological polar surface area (TPSA) is 48.0 Å². The first-order valence-electron chi connectivity index (χ1n) is 8.47. The monoisotopic (exact) mass is 346 g/mol. The normalized spacial score (nSPS) is 16.2. The zero-order valence-corrected chi connectivity index (χ0v) is 14.6. The fraction of sp³-hybridized carbons (Fsp3) is 0.471. The van der Waals surface area contributed by atoms with Crippen molar-refractivity contribution in [3.8, 4) is 0 Å². The second-order valence-corrected chi connectivity index (χ2v) is 7.46. The molecular formula is C17H21FN5S+. The van der Waals surface area contributed by atoms with E-state index >= 15 is 0 Å². The highest BCUT2D eigenvalue weighted by molar-refractivity contribution is 7.99. The molecule has 0 saturated carbocycles. The van der Waals surface area contributed by atoms with Crippen molar-refractivity contribution < 1.29 is 9.29 Å². The maximum atomic E-state index is 13.5. The van der Waals surface area contributed by atoms with Gasteiger partial charge in [0.1, 0.15) is 11.3 Å². The minimum atomic E-state index is -0.264. The smallest absolute Gasteiger partial charge is 0.211 e. The molecule has 2 aromatic heterocycles. The molecular weight excluding hydrogens is 325 g/mol. The molecule has 0 unspecified atom stereocenters. The third-order valence-corrected chi connectivity index (χ3v) is 5.63. The Hall–Kier alpha value is -1.73. The van der Waals surface area contributed by atoms with Gasteiger partial charge in [0, 0.05) is 12.4 Å². The van der Waals surface area contributed by atoms with Crippen LogP contribution in [0.1, 0.15) is 19.3 Å². The van der Waals surface area contributed by atoms with Crippen molar-refractivity contribution in [3.05, 3.63) is 24.0 Å². The summed E-state index contributed by atoms with van der Waals surface area (Å²) >= 11 is 1.66. The van der Waals surface area contributed by atoms with Crippen molar-refractivity contribution in [2.45, 2.75) is 24.4 Å². The number of likely N-dealkylation sites (tertiary alicyclic amines) is 1. The van der Waals surface area contributed by atoms with E-state index in [-0.39, 0.29) is 5.82 Å². The van der Waals surface area contributed by atoms with Crippen LogP contribution in [0, 0.1) is 5.82 Å². The summed E-state index contributed by atoms with van der Waals surface area (Å²) < 4.78 is 15.5. The highest BCUT2D eigenvalue weighted by atomic mass is 32.2. The van der Waals surface area contributed by atoms with Gasteiger partial charge in [0.25, 0.3) is 0 Å². The Morgan fingerprint density at radius 1 is 1.21 bits per heavy atom. The summed E-state index contributed by atoms with van der Waals surface area (Å²) in [5, 5.41) is 10.0. The number of fused-ring (bicyclic) bond motifs is 3. The molecule has 0 amide bonds. The number of aryl methyl sites for hydroxylation is 1. The van der Waals surface area contributed by atoms with Gasteiger partial charge >= 0.3 is 0 Å². The molecule has 3 aromatic rings. The molecule has 3 heterocycles. The average molecular weight is 346 g/mol. The highest BCUT2D eigenvalue weighted by Gasteiger charge is 2.15. The summed E-state index contributed by atoms with van der Waals surface area (Å²) in [6, 6.07) is 4.73. The molecule has 4 rings (SSSR count). The van der Waals surface area contributed by atoms with Crippen LogP contribution < -0.4 is 4.90 Å². The van der Waals surface area contributed by atoms with Crippen LogP contribution in [0.2, 0.25) is 0 Å². The van der Waals surface area contributed by atoms with Gasteiger partial charge in [-0.15, -0.1) is 10.2 Å². The first-order chi connectivity index (χ1) is 11.7. The molecule has 1 fully saturated rings. The first kappa shape index (κ1) is 15.8. The van der Waals surface area contributed by atoms with Crippen LogP contribution in [-0.2, 0) is 7.05 Å². The van der Waals surface area contributed by atoms with E-state index in [2.05, 4.69) is 15.2 Å². The lowest BCUT2D eigenvalue weighted by Gasteiger charge is -2.22. The Morgan fingerprint density at radius 3 is 2.88 bits per heavy atom. The molecule has 1 saturated heterocycles. The van der Waals surface area contributed by atoms with Crippen molar-refractivity contribution in [3.63, 3.8) is 0 Å². The van der Waals surface area contributed by atoms with Crippen LogP contribution in [-0.4, -0.2) is 45.1 Å². The number of nitrogens with zero attached hydrogens (tertiary/aromatic N) is 4. The summed E-state index contributed by atoms with van der Waals surface area (Å²) in [6.45, 7) is 3.72. The van der Waals surface area contributed by atoms with Crippen molar-refractivity contribution in [2.24, 2.45) is 7.05 Å². The van der Waals surface area contributed by atoms with Gasteiger partial charge < -0.3 is 9.47 Å². The van der Waals surface area contributed by atoms with Crippen LogP contribution in [0.15, 0.2) is 23.4 Å². The summed E-state index contributed by atoms with van der Waals surface area (Å²) in [4.78, 5) is 6.33. The van der Waals surface area contributed by atoms with E-state index in [4.69, 9.17) is 0 Å². The Labute approximate surface area is 144 Å². The van der Waals surface area contributed by atoms with Crippen LogP contribution in [0.25, 0.3) is 22.1 Å². The number of thioether (sulfide) groups is 1. The Kier molecular flexibility index (Phi) is 4.37. The number of aromatic nitrogens is 4.